The van der Waals surface area contributed by atoms with Gasteiger partial charge < -0.3 is 4.74 Å². The van der Waals surface area contributed by atoms with Crippen LogP contribution in [0.1, 0.15) is 12.5 Å². The zero-order valence-corrected chi connectivity index (χ0v) is 12.8. The van der Waals surface area contributed by atoms with E-state index in [2.05, 4.69) is 10.3 Å². The molecule has 0 unspecified atom stereocenters. The molecule has 0 saturated carbocycles. The van der Waals surface area contributed by atoms with Crippen molar-refractivity contribution in [1.82, 2.24) is 15.0 Å². The molecule has 0 N–H and O–H groups in total. The number of rotatable bonds is 5. The molecule has 1 heterocycles. The third-order valence-corrected chi connectivity index (χ3v) is 3.07. The SMILES string of the molecule is CCO/C(=C/[CH-]c1ccccc1)n1nnc2ccccc21.[Li+]. The van der Waals surface area contributed by atoms with Gasteiger partial charge in [-0.25, -0.2) is 4.68 Å². The Hall–Kier alpha value is -2.15. The van der Waals surface area contributed by atoms with Crippen LogP contribution in [0.4, 0.5) is 0 Å². The topological polar surface area (TPSA) is 39.9 Å². The van der Waals surface area contributed by atoms with Crippen LogP contribution in [0.3, 0.4) is 0 Å². The molecule has 2 aromatic carbocycles. The average Bonchev–Trinajstić information content (AvgIpc) is 2.96. The summed E-state index contributed by atoms with van der Waals surface area (Å²) in [6.07, 6.45) is 3.92. The van der Waals surface area contributed by atoms with Crippen molar-refractivity contribution >= 4 is 16.9 Å². The van der Waals surface area contributed by atoms with Gasteiger partial charge in [0, 0.05) is 0 Å². The molecular weight excluding hydrogens is 269 g/mol. The average molecular weight is 285 g/mol. The zero-order valence-electron chi connectivity index (χ0n) is 12.8. The van der Waals surface area contributed by atoms with Crippen LogP contribution in [0, 0.1) is 6.42 Å². The quantitative estimate of drug-likeness (QED) is 0.390. The van der Waals surface area contributed by atoms with Crippen LogP contribution >= 0.6 is 0 Å². The van der Waals surface area contributed by atoms with Crippen molar-refractivity contribution < 1.29 is 23.6 Å². The smallest absolute Gasteiger partial charge is 0.520 e. The van der Waals surface area contributed by atoms with E-state index >= 15 is 0 Å². The first-order valence-electron chi connectivity index (χ1n) is 6.92. The van der Waals surface area contributed by atoms with Crippen LogP contribution in [0.25, 0.3) is 16.9 Å². The summed E-state index contributed by atoms with van der Waals surface area (Å²) in [6, 6.07) is 17.9. The monoisotopic (exact) mass is 285 g/mol. The van der Waals surface area contributed by atoms with E-state index in [9.17, 15) is 0 Å². The standard InChI is InChI=1S/C17H16N3O.Li/c1-2-21-17(13-12-14-8-4-3-5-9-14)20-16-11-7-6-10-15(16)18-19-20;/h3-13H,2H2,1H3;/q-1;+1/b17-13+;. The van der Waals surface area contributed by atoms with E-state index in [1.807, 2.05) is 74.0 Å². The molecule has 0 amide bonds. The predicted octanol–water partition coefficient (Wildman–Crippen LogP) is 0.523. The summed E-state index contributed by atoms with van der Waals surface area (Å²) in [5.74, 6) is 0.662. The zero-order chi connectivity index (χ0) is 14.5. The van der Waals surface area contributed by atoms with E-state index in [-0.39, 0.29) is 18.9 Å². The van der Waals surface area contributed by atoms with E-state index < -0.39 is 0 Å². The minimum atomic E-state index is 0. The van der Waals surface area contributed by atoms with Crippen LogP contribution in [-0.2, 0) is 4.74 Å². The van der Waals surface area contributed by atoms with Crippen molar-refractivity contribution in [3.8, 4) is 0 Å². The molecule has 3 rings (SSSR count). The van der Waals surface area contributed by atoms with Crippen molar-refractivity contribution in [1.29, 1.82) is 0 Å². The number of benzene rings is 2. The molecule has 0 aliphatic rings. The Morgan fingerprint density at radius 1 is 1.14 bits per heavy atom. The van der Waals surface area contributed by atoms with Gasteiger partial charge >= 0.3 is 18.9 Å². The molecule has 0 spiro atoms. The number of hydrogen-bond acceptors (Lipinski definition) is 3. The molecule has 1 aromatic heterocycles. The van der Waals surface area contributed by atoms with Crippen molar-refractivity contribution in [3.63, 3.8) is 0 Å². The van der Waals surface area contributed by atoms with Crippen molar-refractivity contribution in [2.24, 2.45) is 0 Å². The maximum Gasteiger partial charge on any atom is 1.00 e. The second-order valence-corrected chi connectivity index (χ2v) is 4.51. The fourth-order valence-electron chi connectivity index (χ4n) is 2.09. The van der Waals surface area contributed by atoms with Gasteiger partial charge in [-0.05, 0) is 19.1 Å². The number of nitrogens with zero attached hydrogens (tertiary/aromatic N) is 3. The molecule has 5 heteroatoms. The second kappa shape index (κ2) is 7.74. The van der Waals surface area contributed by atoms with Crippen LogP contribution in [-0.4, -0.2) is 21.6 Å². The number of para-hydroxylation sites is 1. The maximum absolute atomic E-state index is 5.71. The summed E-state index contributed by atoms with van der Waals surface area (Å²) in [5.41, 5.74) is 2.89. The molecule has 0 saturated heterocycles. The van der Waals surface area contributed by atoms with E-state index in [0.29, 0.717) is 12.5 Å². The van der Waals surface area contributed by atoms with E-state index in [1.165, 1.54) is 0 Å². The van der Waals surface area contributed by atoms with Gasteiger partial charge in [-0.3, -0.25) is 0 Å². The van der Waals surface area contributed by atoms with Gasteiger partial charge in [-0.15, -0.1) is 41.3 Å². The number of hydrogen-bond donors (Lipinski definition) is 0. The number of ether oxygens (including phenoxy) is 1. The van der Waals surface area contributed by atoms with Gasteiger partial charge in [0.15, 0.2) is 0 Å². The Morgan fingerprint density at radius 2 is 1.86 bits per heavy atom. The summed E-state index contributed by atoms with van der Waals surface area (Å²) in [4.78, 5) is 0. The van der Waals surface area contributed by atoms with E-state index in [1.54, 1.807) is 4.68 Å². The molecular formula is C17H16LiN3O. The van der Waals surface area contributed by atoms with Crippen LogP contribution < -0.4 is 18.9 Å². The summed E-state index contributed by atoms with van der Waals surface area (Å²) < 4.78 is 7.43. The molecule has 0 aliphatic heterocycles. The fraction of sp³-hybridized carbons (Fsp3) is 0.118. The third kappa shape index (κ3) is 3.54. The minimum absolute atomic E-state index is 0. The second-order valence-electron chi connectivity index (χ2n) is 4.51. The number of aromatic nitrogens is 3. The normalized spacial score (nSPS) is 11.0. The number of allylic oxidation sites excluding steroid dienone is 1. The van der Waals surface area contributed by atoms with Crippen LogP contribution in [0.5, 0.6) is 0 Å². The molecule has 0 fully saturated rings. The molecule has 3 aromatic rings. The molecule has 0 atom stereocenters. The Bertz CT molecular complexity index is 753. The molecule has 0 radical (unpaired) electrons. The summed E-state index contributed by atoms with van der Waals surface area (Å²) >= 11 is 0. The largest absolute Gasteiger partial charge is 1.00 e. The van der Waals surface area contributed by atoms with Gasteiger partial charge in [0.05, 0.1) is 12.1 Å². The first-order chi connectivity index (χ1) is 10.4. The molecule has 22 heavy (non-hydrogen) atoms. The third-order valence-electron chi connectivity index (χ3n) is 3.07. The number of fused-ring (bicyclic) bond motifs is 1. The van der Waals surface area contributed by atoms with Crippen molar-refractivity contribution in [2.45, 2.75) is 6.92 Å². The van der Waals surface area contributed by atoms with Crippen LogP contribution in [0.2, 0.25) is 0 Å². The van der Waals surface area contributed by atoms with Gasteiger partial charge in [0.25, 0.3) is 0 Å². The summed E-state index contributed by atoms with van der Waals surface area (Å²) in [5, 5.41) is 8.33. The first kappa shape index (κ1) is 16.2. The van der Waals surface area contributed by atoms with Crippen molar-refractivity contribution in [2.75, 3.05) is 6.61 Å². The summed E-state index contributed by atoms with van der Waals surface area (Å²) in [6.45, 7) is 2.53. The molecule has 0 aliphatic carbocycles. The molecule has 4 nitrogen and oxygen atoms in total. The van der Waals surface area contributed by atoms with Crippen LogP contribution in [0.15, 0.2) is 60.7 Å². The maximum atomic E-state index is 5.71. The first-order valence-corrected chi connectivity index (χ1v) is 6.92. The Labute approximate surface area is 142 Å². The van der Waals surface area contributed by atoms with E-state index in [4.69, 9.17) is 4.74 Å². The fourth-order valence-corrected chi connectivity index (χ4v) is 2.09. The summed E-state index contributed by atoms with van der Waals surface area (Å²) in [7, 11) is 0. The van der Waals surface area contributed by atoms with Gasteiger partial charge in [0.1, 0.15) is 11.4 Å². The molecule has 0 bridgehead atoms. The van der Waals surface area contributed by atoms with Crippen molar-refractivity contribution in [3.05, 3.63) is 72.7 Å². The Balaban J connectivity index is 0.00000176. The minimum Gasteiger partial charge on any atom is -0.520 e. The Morgan fingerprint density at radius 3 is 2.64 bits per heavy atom. The van der Waals surface area contributed by atoms with Gasteiger partial charge in [-0.1, -0.05) is 29.5 Å². The van der Waals surface area contributed by atoms with E-state index in [0.717, 1.165) is 16.6 Å². The Kier molecular flexibility index (Phi) is 5.71. The van der Waals surface area contributed by atoms with Gasteiger partial charge in [-0.2, -0.15) is 0 Å². The predicted molar refractivity (Wildman–Crippen MR) is 83.3 cm³/mol. The molecule has 106 valence electrons. The van der Waals surface area contributed by atoms with Gasteiger partial charge in [0.2, 0.25) is 0 Å².